The Hall–Kier alpha value is -2.13. The predicted octanol–water partition coefficient (Wildman–Crippen LogP) is 3.44. The van der Waals surface area contributed by atoms with Crippen molar-refractivity contribution in [1.29, 1.82) is 0 Å². The van der Waals surface area contributed by atoms with E-state index in [4.69, 9.17) is 5.73 Å². The Kier molecular flexibility index (Phi) is 4.25. The third-order valence-corrected chi connectivity index (χ3v) is 4.36. The van der Waals surface area contributed by atoms with Crippen molar-refractivity contribution in [3.05, 3.63) is 64.7 Å². The molecule has 0 aromatic heterocycles. The lowest BCUT2D eigenvalue weighted by molar-refractivity contribution is 0.0986. The molecule has 0 saturated heterocycles. The number of anilines is 1. The number of para-hydroxylation sites is 1. The largest absolute Gasteiger partial charge is 0.326 e. The van der Waals surface area contributed by atoms with Crippen LogP contribution in [-0.2, 0) is 13.0 Å². The van der Waals surface area contributed by atoms with E-state index in [1.807, 2.05) is 42.2 Å². The van der Waals surface area contributed by atoms with E-state index in [0.29, 0.717) is 6.54 Å². The molecule has 0 saturated carbocycles. The fourth-order valence-electron chi connectivity index (χ4n) is 3.14. The summed E-state index contributed by atoms with van der Waals surface area (Å²) in [5.74, 6) is 0.0930. The van der Waals surface area contributed by atoms with E-state index < -0.39 is 0 Å². The number of nitrogens with two attached hydrogens (primary N) is 1. The summed E-state index contributed by atoms with van der Waals surface area (Å²) in [6, 6.07) is 14.1. The van der Waals surface area contributed by atoms with Crippen LogP contribution in [0.3, 0.4) is 0 Å². The maximum absolute atomic E-state index is 13.0. The third-order valence-electron chi connectivity index (χ3n) is 4.36. The number of benzene rings is 2. The molecule has 1 heterocycles. The first-order valence-corrected chi connectivity index (χ1v) is 7.90. The molecule has 3 rings (SSSR count). The van der Waals surface area contributed by atoms with Gasteiger partial charge >= 0.3 is 0 Å². The molecule has 22 heavy (non-hydrogen) atoms. The number of rotatable bonds is 2. The van der Waals surface area contributed by atoms with Crippen LogP contribution < -0.4 is 10.6 Å². The van der Waals surface area contributed by atoms with Gasteiger partial charge in [0, 0.05) is 24.3 Å². The van der Waals surface area contributed by atoms with Crippen molar-refractivity contribution in [2.75, 3.05) is 11.4 Å². The Morgan fingerprint density at radius 1 is 1.18 bits per heavy atom. The van der Waals surface area contributed by atoms with Gasteiger partial charge in [-0.25, -0.2) is 0 Å². The SMILES string of the molecule is Cc1cc(CN)ccc1C(=O)N1CCCCc2ccccc21. The van der Waals surface area contributed by atoms with Gasteiger partial charge in [0.1, 0.15) is 0 Å². The van der Waals surface area contributed by atoms with Crippen molar-refractivity contribution in [3.63, 3.8) is 0 Å². The fourth-order valence-corrected chi connectivity index (χ4v) is 3.14. The minimum absolute atomic E-state index is 0.0930. The first kappa shape index (κ1) is 14.8. The molecule has 1 aliphatic heterocycles. The normalized spacial score (nSPS) is 14.4. The van der Waals surface area contributed by atoms with E-state index in [0.717, 1.165) is 48.2 Å². The van der Waals surface area contributed by atoms with Crippen LogP contribution in [0.2, 0.25) is 0 Å². The number of nitrogens with zero attached hydrogens (tertiary/aromatic N) is 1. The van der Waals surface area contributed by atoms with Crippen LogP contribution in [0.15, 0.2) is 42.5 Å². The van der Waals surface area contributed by atoms with Gasteiger partial charge in [-0.15, -0.1) is 0 Å². The third kappa shape index (κ3) is 2.77. The monoisotopic (exact) mass is 294 g/mol. The van der Waals surface area contributed by atoms with Crippen LogP contribution in [0.4, 0.5) is 5.69 Å². The first-order chi connectivity index (χ1) is 10.7. The Bertz CT molecular complexity index is 694. The zero-order valence-corrected chi connectivity index (χ0v) is 13.0. The average molecular weight is 294 g/mol. The maximum atomic E-state index is 13.0. The lowest BCUT2D eigenvalue weighted by Crippen LogP contribution is -2.32. The number of carbonyl (C=O) groups is 1. The van der Waals surface area contributed by atoms with Crippen LogP contribution in [0, 0.1) is 6.92 Å². The lowest BCUT2D eigenvalue weighted by Gasteiger charge is -2.24. The van der Waals surface area contributed by atoms with Gasteiger partial charge in [-0.05, 0) is 55.0 Å². The van der Waals surface area contributed by atoms with Crippen LogP contribution in [0.5, 0.6) is 0 Å². The molecule has 3 nitrogen and oxygen atoms in total. The standard InChI is InChI=1S/C19H22N2O/c1-14-12-15(13-20)9-10-17(14)19(22)21-11-5-4-7-16-6-2-3-8-18(16)21/h2-3,6,8-10,12H,4-5,7,11,13,20H2,1H3. The van der Waals surface area contributed by atoms with Crippen molar-refractivity contribution in [3.8, 4) is 0 Å². The van der Waals surface area contributed by atoms with Crippen LogP contribution in [-0.4, -0.2) is 12.5 Å². The van der Waals surface area contributed by atoms with E-state index in [1.54, 1.807) is 0 Å². The van der Waals surface area contributed by atoms with Crippen LogP contribution in [0.25, 0.3) is 0 Å². The molecule has 114 valence electrons. The minimum Gasteiger partial charge on any atom is -0.326 e. The Morgan fingerprint density at radius 2 is 2.00 bits per heavy atom. The maximum Gasteiger partial charge on any atom is 0.258 e. The number of aryl methyl sites for hydroxylation is 2. The number of carbonyl (C=O) groups excluding carboxylic acids is 1. The summed E-state index contributed by atoms with van der Waals surface area (Å²) in [4.78, 5) is 15.0. The second-order valence-electron chi connectivity index (χ2n) is 5.90. The van der Waals surface area contributed by atoms with Gasteiger partial charge in [0.25, 0.3) is 5.91 Å². The molecule has 2 aromatic carbocycles. The molecule has 0 aliphatic carbocycles. The molecular formula is C19H22N2O. The van der Waals surface area contributed by atoms with Gasteiger partial charge in [0.05, 0.1) is 0 Å². The first-order valence-electron chi connectivity index (χ1n) is 7.90. The van der Waals surface area contributed by atoms with E-state index in [-0.39, 0.29) is 5.91 Å². The highest BCUT2D eigenvalue weighted by Gasteiger charge is 2.23. The highest BCUT2D eigenvalue weighted by molar-refractivity contribution is 6.07. The highest BCUT2D eigenvalue weighted by Crippen LogP contribution is 2.28. The van der Waals surface area contributed by atoms with Gasteiger partial charge < -0.3 is 10.6 Å². The number of amides is 1. The van der Waals surface area contributed by atoms with Crippen molar-refractivity contribution in [2.45, 2.75) is 32.7 Å². The van der Waals surface area contributed by atoms with Crippen molar-refractivity contribution in [1.82, 2.24) is 0 Å². The minimum atomic E-state index is 0.0930. The molecule has 1 amide bonds. The molecule has 0 spiro atoms. The second-order valence-corrected chi connectivity index (χ2v) is 5.90. The Morgan fingerprint density at radius 3 is 2.77 bits per heavy atom. The molecule has 2 N–H and O–H groups in total. The van der Waals surface area contributed by atoms with Crippen molar-refractivity contribution >= 4 is 11.6 Å². The van der Waals surface area contributed by atoms with Crippen molar-refractivity contribution in [2.24, 2.45) is 5.73 Å². The quantitative estimate of drug-likeness (QED) is 0.922. The fraction of sp³-hybridized carbons (Fsp3) is 0.316. The highest BCUT2D eigenvalue weighted by atomic mass is 16.2. The molecule has 0 atom stereocenters. The van der Waals surface area contributed by atoms with Crippen LogP contribution >= 0.6 is 0 Å². The van der Waals surface area contributed by atoms with E-state index in [2.05, 4.69) is 12.1 Å². The van der Waals surface area contributed by atoms with Crippen molar-refractivity contribution < 1.29 is 4.79 Å². The summed E-state index contributed by atoms with van der Waals surface area (Å²) in [7, 11) is 0. The van der Waals surface area contributed by atoms with Gasteiger partial charge in [0.15, 0.2) is 0 Å². The van der Waals surface area contributed by atoms with E-state index >= 15 is 0 Å². The summed E-state index contributed by atoms with van der Waals surface area (Å²) in [6.07, 6.45) is 3.22. The molecule has 1 aliphatic rings. The zero-order chi connectivity index (χ0) is 15.5. The number of fused-ring (bicyclic) bond motifs is 1. The van der Waals surface area contributed by atoms with Crippen LogP contribution in [0.1, 0.15) is 39.9 Å². The smallest absolute Gasteiger partial charge is 0.258 e. The Balaban J connectivity index is 1.98. The van der Waals surface area contributed by atoms with E-state index in [1.165, 1.54) is 5.56 Å². The van der Waals surface area contributed by atoms with Gasteiger partial charge in [-0.2, -0.15) is 0 Å². The zero-order valence-electron chi connectivity index (χ0n) is 13.0. The number of hydrogen-bond donors (Lipinski definition) is 1. The molecular weight excluding hydrogens is 272 g/mol. The summed E-state index contributed by atoms with van der Waals surface area (Å²) in [6.45, 7) is 3.27. The number of hydrogen-bond acceptors (Lipinski definition) is 2. The molecule has 0 bridgehead atoms. The lowest BCUT2D eigenvalue weighted by atomic mass is 10.0. The average Bonchev–Trinajstić information content (AvgIpc) is 2.76. The second kappa shape index (κ2) is 6.32. The summed E-state index contributed by atoms with van der Waals surface area (Å²) in [5, 5.41) is 0. The molecule has 3 heteroatoms. The van der Waals surface area contributed by atoms with Gasteiger partial charge in [-0.3, -0.25) is 4.79 Å². The van der Waals surface area contributed by atoms with Gasteiger partial charge in [-0.1, -0.05) is 30.3 Å². The predicted molar refractivity (Wildman–Crippen MR) is 90.1 cm³/mol. The summed E-state index contributed by atoms with van der Waals surface area (Å²) < 4.78 is 0. The molecule has 2 aromatic rings. The van der Waals surface area contributed by atoms with E-state index in [9.17, 15) is 4.79 Å². The molecule has 0 fully saturated rings. The Labute approximate surface area is 131 Å². The van der Waals surface area contributed by atoms with Gasteiger partial charge in [0.2, 0.25) is 0 Å². The topological polar surface area (TPSA) is 46.3 Å². The summed E-state index contributed by atoms with van der Waals surface area (Å²) >= 11 is 0. The summed E-state index contributed by atoms with van der Waals surface area (Å²) in [5.41, 5.74) is 10.8. The molecule has 0 radical (unpaired) electrons. The molecule has 0 unspecified atom stereocenters.